The third-order valence-corrected chi connectivity index (χ3v) is 5.00. The molecular weight excluding hydrogens is 326 g/mol. The smallest absolute Gasteiger partial charge is 0.251 e. The van der Waals surface area contributed by atoms with E-state index in [1.807, 2.05) is 55.7 Å². The van der Waals surface area contributed by atoms with Crippen LogP contribution in [0.4, 0.5) is 0 Å². The number of aromatic amines is 1. The number of hydrogen-bond acceptors (Lipinski definition) is 3. The Morgan fingerprint density at radius 2 is 2.00 bits per heavy atom. The standard InChI is InChI=1S/C21H23N3O2/c1-14-2-9-20(23-13-14)26-18-6-4-17(5-7-18)24-21(25)16-3-8-19-15(12-16)10-11-22-19/h2-3,8-13,17-18,22H,4-7H2,1H3,(H,24,25). The fourth-order valence-electron chi connectivity index (χ4n) is 3.48. The monoisotopic (exact) mass is 349 g/mol. The lowest BCUT2D eigenvalue weighted by atomic mass is 9.92. The number of rotatable bonds is 4. The molecule has 0 saturated heterocycles. The minimum Gasteiger partial charge on any atom is -0.474 e. The second-order valence-electron chi connectivity index (χ2n) is 7.02. The number of H-pyrrole nitrogens is 1. The first-order chi connectivity index (χ1) is 12.7. The molecule has 0 unspecified atom stereocenters. The molecule has 2 heterocycles. The summed E-state index contributed by atoms with van der Waals surface area (Å²) in [5.41, 5.74) is 2.88. The molecule has 1 fully saturated rings. The van der Waals surface area contributed by atoms with Crippen LogP contribution in [0, 0.1) is 6.92 Å². The van der Waals surface area contributed by atoms with Crippen LogP contribution in [0.3, 0.4) is 0 Å². The van der Waals surface area contributed by atoms with E-state index >= 15 is 0 Å². The highest BCUT2D eigenvalue weighted by Crippen LogP contribution is 2.23. The van der Waals surface area contributed by atoms with Crippen LogP contribution in [0.25, 0.3) is 10.9 Å². The molecule has 1 aliphatic rings. The molecule has 2 N–H and O–H groups in total. The van der Waals surface area contributed by atoms with Crippen LogP contribution in [0.1, 0.15) is 41.6 Å². The number of nitrogens with one attached hydrogen (secondary N) is 2. The van der Waals surface area contributed by atoms with Crippen LogP contribution in [-0.2, 0) is 0 Å². The summed E-state index contributed by atoms with van der Waals surface area (Å²) in [6.45, 7) is 2.01. The number of carbonyl (C=O) groups excluding carboxylic acids is 1. The second-order valence-corrected chi connectivity index (χ2v) is 7.02. The number of ether oxygens (including phenoxy) is 1. The van der Waals surface area contributed by atoms with Gasteiger partial charge in [0.2, 0.25) is 5.88 Å². The first-order valence-corrected chi connectivity index (χ1v) is 9.15. The summed E-state index contributed by atoms with van der Waals surface area (Å²) in [7, 11) is 0. The maximum Gasteiger partial charge on any atom is 0.251 e. The van der Waals surface area contributed by atoms with Crippen molar-refractivity contribution in [2.75, 3.05) is 0 Å². The van der Waals surface area contributed by atoms with E-state index in [4.69, 9.17) is 4.74 Å². The van der Waals surface area contributed by atoms with Gasteiger partial charge in [0, 0.05) is 41.0 Å². The number of amides is 1. The van der Waals surface area contributed by atoms with Gasteiger partial charge in [0.1, 0.15) is 6.10 Å². The quantitative estimate of drug-likeness (QED) is 0.748. The van der Waals surface area contributed by atoms with E-state index < -0.39 is 0 Å². The van der Waals surface area contributed by atoms with Crippen molar-refractivity contribution < 1.29 is 9.53 Å². The summed E-state index contributed by atoms with van der Waals surface area (Å²) in [6, 6.07) is 11.9. The molecule has 1 amide bonds. The number of pyridine rings is 1. The van der Waals surface area contributed by atoms with Gasteiger partial charge in [-0.1, -0.05) is 6.07 Å². The number of carbonyl (C=O) groups is 1. The lowest BCUT2D eigenvalue weighted by Gasteiger charge is -2.29. The van der Waals surface area contributed by atoms with Crippen LogP contribution >= 0.6 is 0 Å². The van der Waals surface area contributed by atoms with Crippen molar-refractivity contribution in [2.45, 2.75) is 44.8 Å². The Morgan fingerprint density at radius 3 is 2.77 bits per heavy atom. The molecule has 0 spiro atoms. The Hall–Kier alpha value is -2.82. The molecule has 2 aromatic heterocycles. The number of benzene rings is 1. The van der Waals surface area contributed by atoms with Crippen LogP contribution < -0.4 is 10.1 Å². The van der Waals surface area contributed by atoms with Crippen molar-refractivity contribution >= 4 is 16.8 Å². The summed E-state index contributed by atoms with van der Waals surface area (Å²) in [6.07, 6.45) is 7.59. The zero-order valence-corrected chi connectivity index (χ0v) is 14.9. The molecule has 5 nitrogen and oxygen atoms in total. The molecule has 4 rings (SSSR count). The number of fused-ring (bicyclic) bond motifs is 1. The first-order valence-electron chi connectivity index (χ1n) is 9.15. The van der Waals surface area contributed by atoms with Gasteiger partial charge >= 0.3 is 0 Å². The van der Waals surface area contributed by atoms with Gasteiger partial charge in [0.05, 0.1) is 0 Å². The van der Waals surface area contributed by atoms with E-state index in [9.17, 15) is 4.79 Å². The molecule has 0 aliphatic heterocycles. The molecule has 5 heteroatoms. The Balaban J connectivity index is 1.30. The van der Waals surface area contributed by atoms with Gasteiger partial charge in [-0.05, 0) is 62.4 Å². The van der Waals surface area contributed by atoms with Gasteiger partial charge in [-0.15, -0.1) is 0 Å². The van der Waals surface area contributed by atoms with Crippen molar-refractivity contribution in [1.82, 2.24) is 15.3 Å². The predicted octanol–water partition coefficient (Wildman–Crippen LogP) is 3.99. The van der Waals surface area contributed by atoms with Crippen molar-refractivity contribution in [3.8, 4) is 5.88 Å². The van der Waals surface area contributed by atoms with Crippen LogP contribution in [-0.4, -0.2) is 28.0 Å². The molecule has 3 aromatic rings. The Labute approximate surface area is 152 Å². The number of aromatic nitrogens is 2. The first kappa shape index (κ1) is 16.6. The van der Waals surface area contributed by atoms with E-state index in [1.165, 1.54) is 0 Å². The second kappa shape index (κ2) is 7.20. The van der Waals surface area contributed by atoms with Crippen molar-refractivity contribution in [3.05, 3.63) is 59.9 Å². The lowest BCUT2D eigenvalue weighted by Crippen LogP contribution is -2.39. The average Bonchev–Trinajstić information content (AvgIpc) is 3.13. The molecule has 0 radical (unpaired) electrons. The molecule has 1 aliphatic carbocycles. The van der Waals surface area contributed by atoms with Crippen LogP contribution in [0.15, 0.2) is 48.8 Å². The average molecular weight is 349 g/mol. The molecule has 1 saturated carbocycles. The number of aryl methyl sites for hydroxylation is 1. The maximum absolute atomic E-state index is 12.5. The lowest BCUT2D eigenvalue weighted by molar-refractivity contribution is 0.0890. The number of nitrogens with zero attached hydrogens (tertiary/aromatic N) is 1. The van der Waals surface area contributed by atoms with Crippen molar-refractivity contribution in [2.24, 2.45) is 0 Å². The highest BCUT2D eigenvalue weighted by atomic mass is 16.5. The Morgan fingerprint density at radius 1 is 1.15 bits per heavy atom. The fourth-order valence-corrected chi connectivity index (χ4v) is 3.48. The van der Waals surface area contributed by atoms with Crippen LogP contribution in [0.5, 0.6) is 5.88 Å². The van der Waals surface area contributed by atoms with Gasteiger partial charge in [-0.2, -0.15) is 0 Å². The SMILES string of the molecule is Cc1ccc(OC2CCC(NC(=O)c3ccc4[nH]ccc4c3)CC2)nc1. The Kier molecular flexibility index (Phi) is 4.61. The van der Waals surface area contributed by atoms with Gasteiger partial charge in [0.25, 0.3) is 5.91 Å². The highest BCUT2D eigenvalue weighted by Gasteiger charge is 2.24. The largest absolute Gasteiger partial charge is 0.474 e. The molecule has 134 valence electrons. The summed E-state index contributed by atoms with van der Waals surface area (Å²) < 4.78 is 5.96. The van der Waals surface area contributed by atoms with Crippen molar-refractivity contribution in [1.29, 1.82) is 0 Å². The molecule has 26 heavy (non-hydrogen) atoms. The van der Waals surface area contributed by atoms with Gasteiger partial charge in [-0.25, -0.2) is 4.98 Å². The van der Waals surface area contributed by atoms with Gasteiger partial charge in [0.15, 0.2) is 0 Å². The zero-order valence-electron chi connectivity index (χ0n) is 14.9. The summed E-state index contributed by atoms with van der Waals surface area (Å²) >= 11 is 0. The highest BCUT2D eigenvalue weighted by molar-refractivity contribution is 5.98. The van der Waals surface area contributed by atoms with E-state index in [1.54, 1.807) is 0 Å². The normalized spacial score (nSPS) is 20.0. The molecule has 0 atom stereocenters. The minimum atomic E-state index is -0.00216. The molecular formula is C21H23N3O2. The van der Waals surface area contributed by atoms with Gasteiger partial charge in [-0.3, -0.25) is 4.79 Å². The van der Waals surface area contributed by atoms with E-state index in [-0.39, 0.29) is 18.1 Å². The summed E-state index contributed by atoms with van der Waals surface area (Å²) in [4.78, 5) is 20.0. The maximum atomic E-state index is 12.5. The van der Waals surface area contributed by atoms with E-state index in [2.05, 4.69) is 15.3 Å². The minimum absolute atomic E-state index is 0.00216. The van der Waals surface area contributed by atoms with Crippen molar-refractivity contribution in [3.63, 3.8) is 0 Å². The molecule has 0 bridgehead atoms. The Bertz CT molecular complexity index is 893. The van der Waals surface area contributed by atoms with Gasteiger partial charge < -0.3 is 15.0 Å². The van der Waals surface area contributed by atoms with Crippen LogP contribution in [0.2, 0.25) is 0 Å². The fraction of sp³-hybridized carbons (Fsp3) is 0.333. The predicted molar refractivity (Wildman–Crippen MR) is 101 cm³/mol. The van der Waals surface area contributed by atoms with E-state index in [0.717, 1.165) is 42.1 Å². The van der Waals surface area contributed by atoms with E-state index in [0.29, 0.717) is 11.4 Å². The topological polar surface area (TPSA) is 67.0 Å². The zero-order chi connectivity index (χ0) is 17.9. The number of hydrogen-bond donors (Lipinski definition) is 2. The third kappa shape index (κ3) is 3.72. The summed E-state index contributed by atoms with van der Waals surface area (Å²) in [5.74, 6) is 0.681. The third-order valence-electron chi connectivity index (χ3n) is 5.00. The molecule has 1 aromatic carbocycles. The summed E-state index contributed by atoms with van der Waals surface area (Å²) in [5, 5.41) is 4.22.